The molecule has 3 nitrogen and oxygen atoms in total. The SMILES string of the molecule is Clc1ccc(Cc2cccc3[nH]c(CC4CCCN4)nc23)cc1. The summed E-state index contributed by atoms with van der Waals surface area (Å²) in [5.41, 5.74) is 4.73. The Bertz CT molecular complexity index is 801. The average Bonchev–Trinajstić information content (AvgIpc) is 3.19. The number of halogens is 1. The molecule has 1 atom stereocenters. The van der Waals surface area contributed by atoms with Gasteiger partial charge in [-0.2, -0.15) is 0 Å². The molecule has 2 heterocycles. The Hall–Kier alpha value is -1.84. The van der Waals surface area contributed by atoms with Crippen molar-refractivity contribution in [2.45, 2.75) is 31.7 Å². The first kappa shape index (κ1) is 14.7. The van der Waals surface area contributed by atoms with Crippen molar-refractivity contribution < 1.29 is 0 Å². The molecular weight excluding hydrogens is 306 g/mol. The van der Waals surface area contributed by atoms with Gasteiger partial charge in [-0.15, -0.1) is 0 Å². The van der Waals surface area contributed by atoms with Gasteiger partial charge in [0.05, 0.1) is 11.0 Å². The lowest BCUT2D eigenvalue weighted by molar-refractivity contribution is 0.589. The first-order chi connectivity index (χ1) is 11.3. The van der Waals surface area contributed by atoms with E-state index in [1.165, 1.54) is 24.0 Å². The molecule has 1 aromatic heterocycles. The minimum atomic E-state index is 0.565. The molecule has 0 bridgehead atoms. The van der Waals surface area contributed by atoms with Crippen LogP contribution in [0.3, 0.4) is 0 Å². The molecule has 0 amide bonds. The van der Waals surface area contributed by atoms with Crippen LogP contribution in [0.4, 0.5) is 0 Å². The molecule has 0 aliphatic carbocycles. The molecule has 1 aliphatic rings. The van der Waals surface area contributed by atoms with Crippen LogP contribution in [0, 0.1) is 0 Å². The number of hydrogen-bond acceptors (Lipinski definition) is 2. The molecule has 118 valence electrons. The molecule has 1 fully saturated rings. The van der Waals surface area contributed by atoms with Gasteiger partial charge >= 0.3 is 0 Å². The Morgan fingerprint density at radius 2 is 2.00 bits per heavy atom. The molecule has 1 aliphatic heterocycles. The fourth-order valence-corrected chi connectivity index (χ4v) is 3.49. The maximum Gasteiger partial charge on any atom is 0.108 e. The number of rotatable bonds is 4. The van der Waals surface area contributed by atoms with Crippen LogP contribution in [0.1, 0.15) is 29.8 Å². The van der Waals surface area contributed by atoms with Gasteiger partial charge in [0.1, 0.15) is 5.82 Å². The predicted octanol–water partition coefficient (Wildman–Crippen LogP) is 4.10. The summed E-state index contributed by atoms with van der Waals surface area (Å²) in [6.45, 7) is 1.13. The zero-order valence-electron chi connectivity index (χ0n) is 13.0. The zero-order chi connectivity index (χ0) is 15.6. The number of benzene rings is 2. The summed E-state index contributed by atoms with van der Waals surface area (Å²) < 4.78 is 0. The fourth-order valence-electron chi connectivity index (χ4n) is 3.37. The number of H-pyrrole nitrogens is 1. The highest BCUT2D eigenvalue weighted by atomic mass is 35.5. The summed E-state index contributed by atoms with van der Waals surface area (Å²) in [7, 11) is 0. The van der Waals surface area contributed by atoms with Crippen molar-refractivity contribution in [2.75, 3.05) is 6.54 Å². The maximum atomic E-state index is 5.97. The molecule has 0 radical (unpaired) electrons. The smallest absolute Gasteiger partial charge is 0.108 e. The van der Waals surface area contributed by atoms with Gasteiger partial charge in [0.15, 0.2) is 0 Å². The molecule has 0 saturated carbocycles. The molecule has 23 heavy (non-hydrogen) atoms. The number of nitrogens with zero attached hydrogens (tertiary/aromatic N) is 1. The second kappa shape index (κ2) is 6.34. The molecule has 1 unspecified atom stereocenters. The molecule has 1 saturated heterocycles. The molecule has 4 heteroatoms. The van der Waals surface area contributed by atoms with Crippen LogP contribution >= 0.6 is 11.6 Å². The van der Waals surface area contributed by atoms with Crippen molar-refractivity contribution >= 4 is 22.6 Å². The Balaban J connectivity index is 1.61. The second-order valence-electron chi connectivity index (χ2n) is 6.30. The van der Waals surface area contributed by atoms with Gasteiger partial charge in [-0.05, 0) is 55.1 Å². The lowest BCUT2D eigenvalue weighted by atomic mass is 10.0. The number of para-hydroxylation sites is 1. The monoisotopic (exact) mass is 325 g/mol. The number of aromatic nitrogens is 2. The van der Waals surface area contributed by atoms with Gasteiger partial charge in [-0.25, -0.2) is 4.98 Å². The first-order valence-electron chi connectivity index (χ1n) is 8.22. The zero-order valence-corrected chi connectivity index (χ0v) is 13.7. The van der Waals surface area contributed by atoms with Crippen molar-refractivity contribution in [1.82, 2.24) is 15.3 Å². The van der Waals surface area contributed by atoms with Crippen LogP contribution in [0.15, 0.2) is 42.5 Å². The Morgan fingerprint density at radius 1 is 1.13 bits per heavy atom. The molecule has 2 N–H and O–H groups in total. The van der Waals surface area contributed by atoms with Gasteiger partial charge in [-0.1, -0.05) is 35.9 Å². The van der Waals surface area contributed by atoms with Crippen LogP contribution in [0.25, 0.3) is 11.0 Å². The van der Waals surface area contributed by atoms with E-state index in [1.807, 2.05) is 12.1 Å². The van der Waals surface area contributed by atoms with E-state index in [-0.39, 0.29) is 0 Å². The number of imidazole rings is 1. The van der Waals surface area contributed by atoms with Gasteiger partial charge in [0, 0.05) is 17.5 Å². The van der Waals surface area contributed by atoms with Gasteiger partial charge in [-0.3, -0.25) is 0 Å². The summed E-state index contributed by atoms with van der Waals surface area (Å²) in [5.74, 6) is 1.09. The minimum absolute atomic E-state index is 0.565. The van der Waals surface area contributed by atoms with E-state index in [9.17, 15) is 0 Å². The lowest BCUT2D eigenvalue weighted by Gasteiger charge is -2.06. The van der Waals surface area contributed by atoms with Gasteiger partial charge < -0.3 is 10.3 Å². The number of hydrogen-bond donors (Lipinski definition) is 2. The van der Waals surface area contributed by atoms with Crippen LogP contribution in [-0.2, 0) is 12.8 Å². The van der Waals surface area contributed by atoms with Gasteiger partial charge in [0.2, 0.25) is 0 Å². The number of fused-ring (bicyclic) bond motifs is 1. The van der Waals surface area contributed by atoms with Crippen molar-refractivity contribution in [3.8, 4) is 0 Å². The van der Waals surface area contributed by atoms with E-state index in [0.717, 1.165) is 41.3 Å². The van der Waals surface area contributed by atoms with E-state index >= 15 is 0 Å². The van der Waals surface area contributed by atoms with Crippen molar-refractivity contribution in [3.05, 3.63) is 64.4 Å². The topological polar surface area (TPSA) is 40.7 Å². The van der Waals surface area contributed by atoms with Crippen LogP contribution in [0.5, 0.6) is 0 Å². The molecule has 0 spiro atoms. The van der Waals surface area contributed by atoms with E-state index in [0.29, 0.717) is 6.04 Å². The predicted molar refractivity (Wildman–Crippen MR) is 95.1 cm³/mol. The van der Waals surface area contributed by atoms with E-state index in [1.54, 1.807) is 0 Å². The van der Waals surface area contributed by atoms with Crippen molar-refractivity contribution in [3.63, 3.8) is 0 Å². The third-order valence-corrected chi connectivity index (χ3v) is 4.81. The highest BCUT2D eigenvalue weighted by Crippen LogP contribution is 2.22. The van der Waals surface area contributed by atoms with Crippen molar-refractivity contribution in [1.29, 1.82) is 0 Å². The maximum absolute atomic E-state index is 5.97. The Kier molecular flexibility index (Phi) is 4.06. The van der Waals surface area contributed by atoms with E-state index in [4.69, 9.17) is 16.6 Å². The molecule has 2 aromatic carbocycles. The van der Waals surface area contributed by atoms with Gasteiger partial charge in [0.25, 0.3) is 0 Å². The first-order valence-corrected chi connectivity index (χ1v) is 8.60. The summed E-state index contributed by atoms with van der Waals surface area (Å²) >= 11 is 5.97. The molecular formula is C19H20ClN3. The van der Waals surface area contributed by atoms with Crippen LogP contribution < -0.4 is 5.32 Å². The summed E-state index contributed by atoms with van der Waals surface area (Å²) in [5, 5.41) is 4.31. The summed E-state index contributed by atoms with van der Waals surface area (Å²) in [4.78, 5) is 8.35. The highest BCUT2D eigenvalue weighted by Gasteiger charge is 2.17. The van der Waals surface area contributed by atoms with Crippen LogP contribution in [0.2, 0.25) is 5.02 Å². The van der Waals surface area contributed by atoms with Crippen molar-refractivity contribution in [2.24, 2.45) is 0 Å². The third kappa shape index (κ3) is 3.26. The summed E-state index contributed by atoms with van der Waals surface area (Å²) in [6, 6.07) is 15.0. The third-order valence-electron chi connectivity index (χ3n) is 4.56. The lowest BCUT2D eigenvalue weighted by Crippen LogP contribution is -2.24. The molecule has 4 rings (SSSR count). The van der Waals surface area contributed by atoms with Crippen LogP contribution in [-0.4, -0.2) is 22.6 Å². The Morgan fingerprint density at radius 3 is 2.78 bits per heavy atom. The fraction of sp³-hybridized carbons (Fsp3) is 0.316. The normalized spacial score (nSPS) is 17.9. The molecule has 3 aromatic rings. The second-order valence-corrected chi connectivity index (χ2v) is 6.73. The summed E-state index contributed by atoms with van der Waals surface area (Å²) in [6.07, 6.45) is 4.37. The van der Waals surface area contributed by atoms with E-state index in [2.05, 4.69) is 40.6 Å². The number of aromatic amines is 1. The highest BCUT2D eigenvalue weighted by molar-refractivity contribution is 6.30. The van der Waals surface area contributed by atoms with E-state index < -0.39 is 0 Å². The quantitative estimate of drug-likeness (QED) is 0.758. The largest absolute Gasteiger partial charge is 0.342 e. The minimum Gasteiger partial charge on any atom is -0.342 e. The Labute approximate surface area is 141 Å². The number of nitrogens with one attached hydrogen (secondary N) is 2. The standard InChI is InChI=1S/C19H20ClN3/c20-15-8-6-13(7-9-15)11-14-3-1-5-17-19(14)23-18(22-17)12-16-4-2-10-21-16/h1,3,5-9,16,21H,2,4,10-12H2,(H,22,23). The average molecular weight is 326 g/mol.